The van der Waals surface area contributed by atoms with Gasteiger partial charge in [-0.15, -0.1) is 11.3 Å². The van der Waals surface area contributed by atoms with Gasteiger partial charge >= 0.3 is 0 Å². The molecule has 0 fully saturated rings. The summed E-state index contributed by atoms with van der Waals surface area (Å²) in [5.41, 5.74) is 1.68. The number of hydrogen-bond donors (Lipinski definition) is 1. The predicted molar refractivity (Wildman–Crippen MR) is 63.7 cm³/mol. The van der Waals surface area contributed by atoms with E-state index in [2.05, 4.69) is 5.32 Å². The third kappa shape index (κ3) is 2.07. The van der Waals surface area contributed by atoms with Gasteiger partial charge in [-0.25, -0.2) is 0 Å². The largest absolute Gasteiger partial charge is 0.388 e. The van der Waals surface area contributed by atoms with Gasteiger partial charge in [0.15, 0.2) is 0 Å². The molecule has 2 rings (SSSR count). The first-order valence-electron chi connectivity index (χ1n) is 4.67. The zero-order valence-electron chi connectivity index (χ0n) is 8.36. The molecule has 2 nitrogen and oxygen atoms in total. The second-order valence-electron chi connectivity index (χ2n) is 3.14. The topological polar surface area (TPSA) is 29.1 Å². The maximum absolute atomic E-state index is 12.0. The summed E-state index contributed by atoms with van der Waals surface area (Å²) in [6, 6.07) is 11.3. The number of hydrogen-bond acceptors (Lipinski definition) is 3. The Bertz CT molecular complexity index is 462. The zero-order valence-corrected chi connectivity index (χ0v) is 9.17. The van der Waals surface area contributed by atoms with E-state index in [0.29, 0.717) is 0 Å². The molecule has 0 atom stereocenters. The Morgan fingerprint density at radius 2 is 2.13 bits per heavy atom. The van der Waals surface area contributed by atoms with Crippen molar-refractivity contribution in [3.05, 3.63) is 52.2 Å². The predicted octanol–water partition coefficient (Wildman–Crippen LogP) is 3.02. The molecular weight excluding hydrogens is 206 g/mol. The number of carbonyl (C=O) groups is 1. The lowest BCUT2D eigenvalue weighted by Gasteiger charge is -2.02. The third-order valence-corrected chi connectivity index (χ3v) is 3.03. The van der Waals surface area contributed by atoms with Crippen molar-refractivity contribution in [3.8, 4) is 0 Å². The fourth-order valence-corrected chi connectivity index (χ4v) is 2.05. The minimum Gasteiger partial charge on any atom is -0.388 e. The van der Waals surface area contributed by atoms with E-state index in [-0.39, 0.29) is 5.78 Å². The molecule has 1 heterocycles. The lowest BCUT2D eigenvalue weighted by molar-refractivity contribution is 0.104. The van der Waals surface area contributed by atoms with Crippen LogP contribution in [0.1, 0.15) is 15.2 Å². The number of benzene rings is 1. The standard InChI is InChI=1S/C12H11NOS/c1-13-10-5-2-4-9(8-10)12(14)11-6-3-7-15-11/h2-8,13H,1H3. The monoisotopic (exact) mass is 217 g/mol. The highest BCUT2D eigenvalue weighted by Gasteiger charge is 2.09. The number of thiophene rings is 1. The van der Waals surface area contributed by atoms with Crippen molar-refractivity contribution < 1.29 is 4.79 Å². The number of ketones is 1. The highest BCUT2D eigenvalue weighted by Crippen LogP contribution is 2.17. The lowest BCUT2D eigenvalue weighted by atomic mass is 10.1. The normalized spacial score (nSPS) is 9.93. The lowest BCUT2D eigenvalue weighted by Crippen LogP contribution is -1.99. The zero-order chi connectivity index (χ0) is 10.7. The van der Waals surface area contributed by atoms with E-state index < -0.39 is 0 Å². The van der Waals surface area contributed by atoms with E-state index >= 15 is 0 Å². The summed E-state index contributed by atoms with van der Waals surface area (Å²) < 4.78 is 0. The molecule has 1 aromatic carbocycles. The first-order valence-corrected chi connectivity index (χ1v) is 5.55. The summed E-state index contributed by atoms with van der Waals surface area (Å²) in [5.74, 6) is 0.0853. The molecule has 0 spiro atoms. The van der Waals surface area contributed by atoms with Gasteiger partial charge in [0.2, 0.25) is 5.78 Å². The average molecular weight is 217 g/mol. The molecule has 0 radical (unpaired) electrons. The van der Waals surface area contributed by atoms with E-state index in [4.69, 9.17) is 0 Å². The highest BCUT2D eigenvalue weighted by molar-refractivity contribution is 7.12. The average Bonchev–Trinajstić information content (AvgIpc) is 2.81. The van der Waals surface area contributed by atoms with Crippen molar-refractivity contribution in [1.82, 2.24) is 0 Å². The second-order valence-corrected chi connectivity index (χ2v) is 4.08. The summed E-state index contributed by atoms with van der Waals surface area (Å²) in [5, 5.41) is 4.93. The Labute approximate surface area is 92.6 Å². The van der Waals surface area contributed by atoms with Crippen LogP contribution in [0.25, 0.3) is 0 Å². The van der Waals surface area contributed by atoms with E-state index in [1.165, 1.54) is 11.3 Å². The van der Waals surface area contributed by atoms with Gasteiger partial charge in [0.25, 0.3) is 0 Å². The van der Waals surface area contributed by atoms with Crippen molar-refractivity contribution >= 4 is 22.8 Å². The number of nitrogens with one attached hydrogen (secondary N) is 1. The van der Waals surface area contributed by atoms with Gasteiger partial charge in [-0.05, 0) is 23.6 Å². The molecule has 0 unspecified atom stereocenters. The number of carbonyl (C=O) groups excluding carboxylic acids is 1. The van der Waals surface area contributed by atoms with Crippen molar-refractivity contribution in [1.29, 1.82) is 0 Å². The van der Waals surface area contributed by atoms with E-state index in [1.54, 1.807) is 0 Å². The molecule has 0 amide bonds. The summed E-state index contributed by atoms with van der Waals surface area (Å²) in [6.07, 6.45) is 0. The fraction of sp³-hybridized carbons (Fsp3) is 0.0833. The van der Waals surface area contributed by atoms with Gasteiger partial charge in [-0.1, -0.05) is 18.2 Å². The van der Waals surface area contributed by atoms with Gasteiger partial charge in [-0.3, -0.25) is 4.79 Å². The molecular formula is C12H11NOS. The summed E-state index contributed by atoms with van der Waals surface area (Å²) in [7, 11) is 1.84. The Morgan fingerprint density at radius 3 is 2.80 bits per heavy atom. The molecule has 0 aliphatic rings. The Kier molecular flexibility index (Phi) is 2.83. The number of rotatable bonds is 3. The van der Waals surface area contributed by atoms with Crippen LogP contribution < -0.4 is 5.32 Å². The molecule has 15 heavy (non-hydrogen) atoms. The van der Waals surface area contributed by atoms with Gasteiger partial charge < -0.3 is 5.32 Å². The summed E-state index contributed by atoms with van der Waals surface area (Å²) in [4.78, 5) is 12.7. The molecule has 0 saturated heterocycles. The SMILES string of the molecule is CNc1cccc(C(=O)c2cccs2)c1. The van der Waals surface area contributed by atoms with Crippen LogP contribution in [0.2, 0.25) is 0 Å². The van der Waals surface area contributed by atoms with Gasteiger partial charge in [0, 0.05) is 18.3 Å². The molecule has 3 heteroatoms. The fourth-order valence-electron chi connectivity index (χ4n) is 1.37. The third-order valence-electron chi connectivity index (χ3n) is 2.16. The van der Waals surface area contributed by atoms with E-state index in [0.717, 1.165) is 16.1 Å². The van der Waals surface area contributed by atoms with E-state index in [9.17, 15) is 4.79 Å². The molecule has 0 bridgehead atoms. The van der Waals surface area contributed by atoms with Gasteiger partial charge in [0.05, 0.1) is 4.88 Å². The molecule has 0 saturated carbocycles. The smallest absolute Gasteiger partial charge is 0.203 e. The second kappa shape index (κ2) is 4.28. The molecule has 76 valence electrons. The molecule has 2 aromatic rings. The Morgan fingerprint density at radius 1 is 1.27 bits per heavy atom. The minimum absolute atomic E-state index is 0.0853. The van der Waals surface area contributed by atoms with Crippen molar-refractivity contribution in [2.24, 2.45) is 0 Å². The maximum atomic E-state index is 12.0. The maximum Gasteiger partial charge on any atom is 0.203 e. The molecule has 0 aliphatic heterocycles. The first-order chi connectivity index (χ1) is 7.31. The van der Waals surface area contributed by atoms with Gasteiger partial charge in [-0.2, -0.15) is 0 Å². The molecule has 1 N–H and O–H groups in total. The van der Waals surface area contributed by atoms with Crippen molar-refractivity contribution in [3.63, 3.8) is 0 Å². The minimum atomic E-state index is 0.0853. The van der Waals surface area contributed by atoms with Crippen LogP contribution in [0.3, 0.4) is 0 Å². The first kappa shape index (κ1) is 9.93. The van der Waals surface area contributed by atoms with Crippen LogP contribution in [-0.2, 0) is 0 Å². The highest BCUT2D eigenvalue weighted by atomic mass is 32.1. The van der Waals surface area contributed by atoms with E-state index in [1.807, 2.05) is 48.8 Å². The molecule has 0 aliphatic carbocycles. The Hall–Kier alpha value is -1.61. The van der Waals surface area contributed by atoms with Crippen LogP contribution in [0.5, 0.6) is 0 Å². The van der Waals surface area contributed by atoms with Crippen LogP contribution >= 0.6 is 11.3 Å². The summed E-state index contributed by atoms with van der Waals surface area (Å²) >= 11 is 1.47. The summed E-state index contributed by atoms with van der Waals surface area (Å²) in [6.45, 7) is 0. The Balaban J connectivity index is 2.34. The van der Waals surface area contributed by atoms with Crippen LogP contribution in [0.4, 0.5) is 5.69 Å². The number of anilines is 1. The van der Waals surface area contributed by atoms with Crippen LogP contribution in [-0.4, -0.2) is 12.8 Å². The van der Waals surface area contributed by atoms with Crippen molar-refractivity contribution in [2.75, 3.05) is 12.4 Å². The van der Waals surface area contributed by atoms with Crippen LogP contribution in [0, 0.1) is 0 Å². The quantitative estimate of drug-likeness (QED) is 0.801. The van der Waals surface area contributed by atoms with Gasteiger partial charge in [0.1, 0.15) is 0 Å². The molecule has 1 aromatic heterocycles. The van der Waals surface area contributed by atoms with Crippen LogP contribution in [0.15, 0.2) is 41.8 Å². The van der Waals surface area contributed by atoms with Crippen molar-refractivity contribution in [2.45, 2.75) is 0 Å².